The molecule has 2 N–H and O–H groups in total. The van der Waals surface area contributed by atoms with Crippen LogP contribution >= 0.6 is 0 Å². The van der Waals surface area contributed by atoms with E-state index in [-0.39, 0.29) is 5.69 Å². The molecule has 0 atom stereocenters. The molecule has 0 spiro atoms. The molecule has 0 aliphatic carbocycles. The topological polar surface area (TPSA) is 91.3 Å². The number of nitrogen functional groups attached to an aromatic ring is 1. The summed E-state index contributed by atoms with van der Waals surface area (Å²) in [6.45, 7) is 1.81. The number of nitrogens with two attached hydrogens (primary N) is 1. The van der Waals surface area contributed by atoms with Crippen LogP contribution in [0.15, 0.2) is 36.5 Å². The van der Waals surface area contributed by atoms with Crippen molar-refractivity contribution in [1.29, 1.82) is 0 Å². The first kappa shape index (κ1) is 11.8. The molecule has 18 heavy (non-hydrogen) atoms. The maximum absolute atomic E-state index is 10.7. The molecule has 0 amide bonds. The van der Waals surface area contributed by atoms with Crippen molar-refractivity contribution in [1.82, 2.24) is 4.98 Å². The average Bonchev–Trinajstić information content (AvgIpc) is 2.31. The van der Waals surface area contributed by atoms with Gasteiger partial charge < -0.3 is 10.5 Å². The van der Waals surface area contributed by atoms with Crippen molar-refractivity contribution in [2.75, 3.05) is 5.73 Å². The Bertz CT molecular complexity index is 599. The molecule has 0 unspecified atom stereocenters. The van der Waals surface area contributed by atoms with Crippen LogP contribution in [0.25, 0.3) is 0 Å². The molecule has 6 heteroatoms. The van der Waals surface area contributed by atoms with E-state index in [1.807, 2.05) is 6.92 Å². The van der Waals surface area contributed by atoms with Crippen LogP contribution in [0.1, 0.15) is 5.56 Å². The first-order chi connectivity index (χ1) is 8.56. The van der Waals surface area contributed by atoms with Crippen LogP contribution in [0.5, 0.6) is 11.5 Å². The minimum absolute atomic E-state index is 0.0161. The zero-order valence-corrected chi connectivity index (χ0v) is 9.66. The summed E-state index contributed by atoms with van der Waals surface area (Å²) in [5.41, 5.74) is 6.31. The number of rotatable bonds is 3. The van der Waals surface area contributed by atoms with Gasteiger partial charge in [0.05, 0.1) is 11.0 Å². The van der Waals surface area contributed by atoms with Crippen LogP contribution < -0.4 is 10.5 Å². The lowest BCUT2D eigenvalue weighted by Crippen LogP contribution is -1.94. The fourth-order valence-corrected chi connectivity index (χ4v) is 1.43. The molecule has 0 saturated carbocycles. The largest absolute Gasteiger partial charge is 0.457 e. The van der Waals surface area contributed by atoms with Gasteiger partial charge >= 0.3 is 0 Å². The summed E-state index contributed by atoms with van der Waals surface area (Å²) in [5, 5.41) is 10.7. The molecule has 1 aromatic heterocycles. The van der Waals surface area contributed by atoms with Gasteiger partial charge in [-0.2, -0.15) is 0 Å². The summed E-state index contributed by atoms with van der Waals surface area (Å²) in [6.07, 6.45) is 1.51. The standard InChI is InChI=1S/C12H11N3O3/c1-8-2-3-9(15(16)17)6-11(8)18-10-4-5-14-12(13)7-10/h2-7H,1H3,(H2,13,14). The SMILES string of the molecule is Cc1ccc([N+](=O)[O-])cc1Oc1ccnc(N)c1. The van der Waals surface area contributed by atoms with Crippen molar-refractivity contribution in [3.8, 4) is 11.5 Å². The second-order valence-electron chi connectivity index (χ2n) is 3.73. The fraction of sp³-hybridized carbons (Fsp3) is 0.0833. The molecule has 0 radical (unpaired) electrons. The first-order valence-corrected chi connectivity index (χ1v) is 5.20. The summed E-state index contributed by atoms with van der Waals surface area (Å²) < 4.78 is 5.56. The normalized spacial score (nSPS) is 10.1. The molecule has 0 saturated heterocycles. The number of aromatic nitrogens is 1. The third-order valence-electron chi connectivity index (χ3n) is 2.36. The minimum Gasteiger partial charge on any atom is -0.457 e. The van der Waals surface area contributed by atoms with E-state index in [4.69, 9.17) is 10.5 Å². The average molecular weight is 245 g/mol. The number of non-ortho nitro benzene ring substituents is 1. The molecule has 0 bridgehead atoms. The van der Waals surface area contributed by atoms with E-state index >= 15 is 0 Å². The predicted molar refractivity (Wildman–Crippen MR) is 66.6 cm³/mol. The van der Waals surface area contributed by atoms with E-state index in [0.717, 1.165) is 5.56 Å². The van der Waals surface area contributed by atoms with Crippen molar-refractivity contribution >= 4 is 11.5 Å². The van der Waals surface area contributed by atoms with Gasteiger partial charge in [0.2, 0.25) is 0 Å². The van der Waals surface area contributed by atoms with Gasteiger partial charge in [-0.1, -0.05) is 0 Å². The van der Waals surface area contributed by atoms with Gasteiger partial charge in [-0.25, -0.2) is 4.98 Å². The van der Waals surface area contributed by atoms with E-state index < -0.39 is 4.92 Å². The Morgan fingerprint density at radius 1 is 1.33 bits per heavy atom. The highest BCUT2D eigenvalue weighted by Gasteiger charge is 2.10. The summed E-state index contributed by atoms with van der Waals surface area (Å²) in [4.78, 5) is 14.1. The maximum atomic E-state index is 10.7. The number of aryl methyl sites for hydroxylation is 1. The number of benzene rings is 1. The molecule has 1 aromatic carbocycles. The zero-order chi connectivity index (χ0) is 13.1. The van der Waals surface area contributed by atoms with Gasteiger partial charge in [0.15, 0.2) is 0 Å². The van der Waals surface area contributed by atoms with Crippen molar-refractivity contribution in [3.05, 3.63) is 52.2 Å². The second-order valence-corrected chi connectivity index (χ2v) is 3.73. The van der Waals surface area contributed by atoms with Crippen LogP contribution in [0.3, 0.4) is 0 Å². The Morgan fingerprint density at radius 2 is 2.11 bits per heavy atom. The fourth-order valence-electron chi connectivity index (χ4n) is 1.43. The Kier molecular flexibility index (Phi) is 3.09. The van der Waals surface area contributed by atoms with Crippen LogP contribution in [0, 0.1) is 17.0 Å². The van der Waals surface area contributed by atoms with Crippen LogP contribution in [-0.4, -0.2) is 9.91 Å². The van der Waals surface area contributed by atoms with E-state index in [1.54, 1.807) is 18.2 Å². The van der Waals surface area contributed by atoms with Gasteiger partial charge in [0, 0.05) is 18.3 Å². The van der Waals surface area contributed by atoms with Crippen molar-refractivity contribution in [2.24, 2.45) is 0 Å². The lowest BCUT2D eigenvalue weighted by atomic mass is 10.2. The third-order valence-corrected chi connectivity index (χ3v) is 2.36. The summed E-state index contributed by atoms with van der Waals surface area (Å²) in [7, 11) is 0. The molecule has 0 aliphatic heterocycles. The number of hydrogen-bond donors (Lipinski definition) is 1. The van der Waals surface area contributed by atoms with Crippen LogP contribution in [-0.2, 0) is 0 Å². The highest BCUT2D eigenvalue weighted by molar-refractivity contribution is 5.46. The molecular weight excluding hydrogens is 234 g/mol. The lowest BCUT2D eigenvalue weighted by molar-refractivity contribution is -0.384. The Hall–Kier alpha value is -2.63. The van der Waals surface area contributed by atoms with Crippen molar-refractivity contribution in [2.45, 2.75) is 6.92 Å². The number of hydrogen-bond acceptors (Lipinski definition) is 5. The maximum Gasteiger partial charge on any atom is 0.273 e. The smallest absolute Gasteiger partial charge is 0.273 e. The highest BCUT2D eigenvalue weighted by atomic mass is 16.6. The predicted octanol–water partition coefficient (Wildman–Crippen LogP) is 2.67. The Labute approximate surface area is 103 Å². The second kappa shape index (κ2) is 4.70. The first-order valence-electron chi connectivity index (χ1n) is 5.20. The quantitative estimate of drug-likeness (QED) is 0.663. The monoisotopic (exact) mass is 245 g/mol. The molecule has 0 fully saturated rings. The van der Waals surface area contributed by atoms with Gasteiger partial charge in [-0.05, 0) is 24.6 Å². The Morgan fingerprint density at radius 3 is 2.78 bits per heavy atom. The zero-order valence-electron chi connectivity index (χ0n) is 9.66. The minimum atomic E-state index is -0.465. The van der Waals surface area contributed by atoms with Gasteiger partial charge in [0.1, 0.15) is 17.3 Å². The molecule has 92 valence electrons. The molecule has 2 aromatic rings. The van der Waals surface area contributed by atoms with E-state index in [0.29, 0.717) is 17.3 Å². The van der Waals surface area contributed by atoms with Gasteiger partial charge in [0.25, 0.3) is 5.69 Å². The molecule has 6 nitrogen and oxygen atoms in total. The van der Waals surface area contributed by atoms with Crippen LogP contribution in [0.2, 0.25) is 0 Å². The molecule has 0 aliphatic rings. The molecular formula is C12H11N3O3. The summed E-state index contributed by atoms with van der Waals surface area (Å²) in [6, 6.07) is 7.64. The van der Waals surface area contributed by atoms with Crippen LogP contribution in [0.4, 0.5) is 11.5 Å². The number of nitro benzene ring substituents is 1. The van der Waals surface area contributed by atoms with E-state index in [1.165, 1.54) is 18.3 Å². The van der Waals surface area contributed by atoms with Gasteiger partial charge in [-0.15, -0.1) is 0 Å². The third kappa shape index (κ3) is 2.54. The van der Waals surface area contributed by atoms with E-state index in [2.05, 4.69) is 4.98 Å². The lowest BCUT2D eigenvalue weighted by Gasteiger charge is -2.08. The van der Waals surface area contributed by atoms with E-state index in [9.17, 15) is 10.1 Å². The number of ether oxygens (including phenoxy) is 1. The number of pyridine rings is 1. The molecule has 1 heterocycles. The Balaban J connectivity index is 2.33. The van der Waals surface area contributed by atoms with Crippen molar-refractivity contribution in [3.63, 3.8) is 0 Å². The van der Waals surface area contributed by atoms with Crippen molar-refractivity contribution < 1.29 is 9.66 Å². The number of anilines is 1. The number of nitrogens with zero attached hydrogens (tertiary/aromatic N) is 2. The summed E-state index contributed by atoms with van der Waals surface area (Å²) >= 11 is 0. The number of nitro groups is 1. The highest BCUT2D eigenvalue weighted by Crippen LogP contribution is 2.29. The molecule has 2 rings (SSSR count). The van der Waals surface area contributed by atoms with Gasteiger partial charge in [-0.3, -0.25) is 10.1 Å². The summed E-state index contributed by atoms with van der Waals surface area (Å²) in [5.74, 6) is 1.25.